The zero-order valence-electron chi connectivity index (χ0n) is 8.63. The second-order valence-corrected chi connectivity index (χ2v) is 2.69. The van der Waals surface area contributed by atoms with Gasteiger partial charge in [-0.3, -0.25) is 15.8 Å². The highest BCUT2D eigenvalue weighted by molar-refractivity contribution is 5.84. The molecule has 0 unspecified atom stereocenters. The van der Waals surface area contributed by atoms with E-state index in [1.165, 1.54) is 0 Å². The zero-order chi connectivity index (χ0) is 10.6. The largest absolute Gasteiger partial charge is 0.291 e. The van der Waals surface area contributed by atoms with E-state index in [9.17, 15) is 0 Å². The molecule has 0 spiro atoms. The number of nitrogens with zero attached hydrogens (tertiary/aromatic N) is 1. The first-order chi connectivity index (χ1) is 6.81. The van der Waals surface area contributed by atoms with Crippen molar-refractivity contribution in [2.75, 3.05) is 5.48 Å². The van der Waals surface area contributed by atoms with E-state index >= 15 is 0 Å². The van der Waals surface area contributed by atoms with E-state index in [1.807, 2.05) is 32.9 Å². The summed E-state index contributed by atoms with van der Waals surface area (Å²) in [4.78, 5) is 0. The van der Waals surface area contributed by atoms with Gasteiger partial charge in [-0.25, -0.2) is 0 Å². The Balaban J connectivity index is 0.000000461. The van der Waals surface area contributed by atoms with Crippen LogP contribution >= 0.6 is 0 Å². The molecular formula is C10H15N3O. The minimum absolute atomic E-state index is 0.673. The highest BCUT2D eigenvalue weighted by Crippen LogP contribution is 2.19. The first-order valence-corrected chi connectivity index (χ1v) is 4.66. The predicted octanol–water partition coefficient (Wildman–Crippen LogP) is 2.70. The van der Waals surface area contributed by atoms with Crippen molar-refractivity contribution < 1.29 is 5.21 Å². The number of benzene rings is 1. The van der Waals surface area contributed by atoms with E-state index < -0.39 is 0 Å². The lowest BCUT2D eigenvalue weighted by Gasteiger charge is -1.96. The Kier molecular flexibility index (Phi) is 3.48. The molecule has 0 saturated carbocycles. The average molecular weight is 193 g/mol. The maximum atomic E-state index is 8.64. The first-order valence-electron chi connectivity index (χ1n) is 4.66. The predicted molar refractivity (Wildman–Crippen MR) is 57.6 cm³/mol. The number of H-pyrrole nitrogens is 1. The van der Waals surface area contributed by atoms with Gasteiger partial charge in [0, 0.05) is 11.1 Å². The van der Waals surface area contributed by atoms with Crippen molar-refractivity contribution in [2.24, 2.45) is 0 Å². The van der Waals surface area contributed by atoms with Crippen LogP contribution < -0.4 is 5.48 Å². The third-order valence-electron chi connectivity index (χ3n) is 1.87. The van der Waals surface area contributed by atoms with Crippen molar-refractivity contribution in [3.05, 3.63) is 23.9 Å². The van der Waals surface area contributed by atoms with Crippen LogP contribution in [0.5, 0.6) is 0 Å². The maximum Gasteiger partial charge on any atom is 0.0925 e. The molecule has 0 bridgehead atoms. The Labute approximate surface area is 82.9 Å². The molecule has 0 radical (unpaired) electrons. The van der Waals surface area contributed by atoms with E-state index in [0.717, 1.165) is 16.6 Å². The molecule has 0 aliphatic carbocycles. The van der Waals surface area contributed by atoms with Crippen molar-refractivity contribution in [2.45, 2.75) is 20.8 Å². The Bertz CT molecular complexity index is 409. The van der Waals surface area contributed by atoms with Crippen LogP contribution in [0.4, 0.5) is 5.69 Å². The Hall–Kier alpha value is -1.55. The molecule has 2 aromatic rings. The fraction of sp³-hybridized carbons (Fsp3) is 0.300. The number of rotatable bonds is 1. The van der Waals surface area contributed by atoms with Crippen LogP contribution in [0.2, 0.25) is 0 Å². The number of hydrogen-bond donors (Lipinski definition) is 3. The highest BCUT2D eigenvalue weighted by atomic mass is 16.5. The van der Waals surface area contributed by atoms with Crippen molar-refractivity contribution in [3.8, 4) is 0 Å². The monoisotopic (exact) mass is 193 g/mol. The van der Waals surface area contributed by atoms with Crippen LogP contribution in [0.1, 0.15) is 19.5 Å². The summed E-state index contributed by atoms with van der Waals surface area (Å²) in [5.41, 5.74) is 4.68. The first kappa shape index (κ1) is 10.5. The molecular weight excluding hydrogens is 178 g/mol. The van der Waals surface area contributed by atoms with Gasteiger partial charge in [0.1, 0.15) is 0 Å². The Morgan fingerprint density at radius 3 is 2.71 bits per heavy atom. The highest BCUT2D eigenvalue weighted by Gasteiger charge is 2.00. The van der Waals surface area contributed by atoms with Crippen molar-refractivity contribution in [1.82, 2.24) is 10.2 Å². The van der Waals surface area contributed by atoms with Gasteiger partial charge in [0.15, 0.2) is 0 Å². The fourth-order valence-corrected chi connectivity index (χ4v) is 1.21. The molecule has 0 fully saturated rings. The van der Waals surface area contributed by atoms with Crippen LogP contribution in [-0.2, 0) is 0 Å². The van der Waals surface area contributed by atoms with Gasteiger partial charge in [-0.2, -0.15) is 5.10 Å². The topological polar surface area (TPSA) is 60.9 Å². The number of aryl methyl sites for hydroxylation is 1. The van der Waals surface area contributed by atoms with Gasteiger partial charge in [0.2, 0.25) is 0 Å². The maximum absolute atomic E-state index is 8.64. The molecule has 76 valence electrons. The standard InChI is InChI=1S/C8H9N3O.C2H6/c1-5-7-4-6(11-12)2-3-8(7)10-9-5;1-2/h2-4,11-12H,1H3,(H,9,10);1-2H3. The summed E-state index contributed by atoms with van der Waals surface area (Å²) in [6, 6.07) is 5.45. The lowest BCUT2D eigenvalue weighted by Crippen LogP contribution is -1.87. The van der Waals surface area contributed by atoms with Gasteiger partial charge in [-0.1, -0.05) is 13.8 Å². The molecule has 2 rings (SSSR count). The summed E-state index contributed by atoms with van der Waals surface area (Å²) in [5.74, 6) is 0. The molecule has 0 saturated heterocycles. The number of fused-ring (bicyclic) bond motifs is 1. The lowest BCUT2D eigenvalue weighted by molar-refractivity contribution is 0.389. The minimum Gasteiger partial charge on any atom is -0.291 e. The van der Waals surface area contributed by atoms with Crippen LogP contribution in [0.25, 0.3) is 10.9 Å². The van der Waals surface area contributed by atoms with E-state index in [-0.39, 0.29) is 0 Å². The molecule has 0 aliphatic heterocycles. The quantitative estimate of drug-likeness (QED) is 0.610. The van der Waals surface area contributed by atoms with Gasteiger partial charge in [-0.15, -0.1) is 0 Å². The summed E-state index contributed by atoms with van der Waals surface area (Å²) >= 11 is 0. The molecule has 1 aromatic carbocycles. The van der Waals surface area contributed by atoms with Crippen LogP contribution in [0.3, 0.4) is 0 Å². The summed E-state index contributed by atoms with van der Waals surface area (Å²) in [6.07, 6.45) is 0. The van der Waals surface area contributed by atoms with Crippen LogP contribution in [-0.4, -0.2) is 15.4 Å². The molecule has 4 nitrogen and oxygen atoms in total. The summed E-state index contributed by atoms with van der Waals surface area (Å²) in [5, 5.41) is 16.6. The molecule has 1 heterocycles. The molecule has 0 atom stereocenters. The van der Waals surface area contributed by atoms with E-state index in [2.05, 4.69) is 15.7 Å². The number of anilines is 1. The van der Waals surface area contributed by atoms with Crippen LogP contribution in [0.15, 0.2) is 18.2 Å². The Morgan fingerprint density at radius 1 is 1.36 bits per heavy atom. The minimum atomic E-state index is 0.673. The zero-order valence-corrected chi connectivity index (χ0v) is 8.63. The van der Waals surface area contributed by atoms with Crippen molar-refractivity contribution in [1.29, 1.82) is 0 Å². The molecule has 0 aliphatic rings. The molecule has 1 aromatic heterocycles. The number of aromatic amines is 1. The van der Waals surface area contributed by atoms with Crippen LogP contribution in [0, 0.1) is 6.92 Å². The second kappa shape index (κ2) is 4.62. The number of hydrogen-bond acceptors (Lipinski definition) is 3. The van der Waals surface area contributed by atoms with E-state index in [1.54, 1.807) is 6.07 Å². The third kappa shape index (κ3) is 1.85. The van der Waals surface area contributed by atoms with Gasteiger partial charge >= 0.3 is 0 Å². The van der Waals surface area contributed by atoms with Gasteiger partial charge in [-0.05, 0) is 25.1 Å². The third-order valence-corrected chi connectivity index (χ3v) is 1.87. The Morgan fingerprint density at radius 2 is 2.07 bits per heavy atom. The summed E-state index contributed by atoms with van der Waals surface area (Å²) < 4.78 is 0. The summed E-state index contributed by atoms with van der Waals surface area (Å²) in [6.45, 7) is 5.94. The van der Waals surface area contributed by atoms with Crippen molar-refractivity contribution >= 4 is 16.6 Å². The molecule has 3 N–H and O–H groups in total. The number of nitrogens with one attached hydrogen (secondary N) is 2. The fourth-order valence-electron chi connectivity index (χ4n) is 1.21. The number of aromatic nitrogens is 2. The molecule has 0 amide bonds. The molecule has 14 heavy (non-hydrogen) atoms. The lowest BCUT2D eigenvalue weighted by atomic mass is 10.2. The average Bonchev–Trinajstić information content (AvgIpc) is 2.63. The van der Waals surface area contributed by atoms with Crippen molar-refractivity contribution in [3.63, 3.8) is 0 Å². The van der Waals surface area contributed by atoms with Gasteiger partial charge < -0.3 is 0 Å². The second-order valence-electron chi connectivity index (χ2n) is 2.69. The molecule has 4 heteroatoms. The van der Waals surface area contributed by atoms with Gasteiger partial charge in [0.05, 0.1) is 11.2 Å². The van der Waals surface area contributed by atoms with Gasteiger partial charge in [0.25, 0.3) is 0 Å². The van der Waals surface area contributed by atoms with E-state index in [4.69, 9.17) is 5.21 Å². The smallest absolute Gasteiger partial charge is 0.0925 e. The van der Waals surface area contributed by atoms with E-state index in [0.29, 0.717) is 5.69 Å². The normalized spacial score (nSPS) is 9.43. The summed E-state index contributed by atoms with van der Waals surface area (Å²) in [7, 11) is 0. The SMILES string of the molecule is CC.Cc1[nH]nc2ccc(NO)cc12.